The Morgan fingerprint density at radius 3 is 2.62 bits per heavy atom. The van der Waals surface area contributed by atoms with Gasteiger partial charge >= 0.3 is 0 Å². The van der Waals surface area contributed by atoms with Gasteiger partial charge in [-0.2, -0.15) is 11.8 Å². The van der Waals surface area contributed by atoms with Gasteiger partial charge in [-0.05, 0) is 31.1 Å². The summed E-state index contributed by atoms with van der Waals surface area (Å²) >= 11 is 2.18. The molecule has 1 aliphatic heterocycles. The van der Waals surface area contributed by atoms with Gasteiger partial charge in [-0.3, -0.25) is 0 Å². The molecule has 1 fully saturated rings. The van der Waals surface area contributed by atoms with Crippen molar-refractivity contribution < 1.29 is 0 Å². The minimum atomic E-state index is 0.732. The summed E-state index contributed by atoms with van der Waals surface area (Å²) in [5, 5.41) is 4.50. The Bertz CT molecular complexity index is 130. The predicted molar refractivity (Wildman–Crippen MR) is 62.4 cm³/mol. The Hall–Kier alpha value is 0.310. The molecular weight excluding hydrogens is 178 g/mol. The SMILES string of the molecule is CCNC(C(C)C)C1CCCCS1. The van der Waals surface area contributed by atoms with E-state index in [9.17, 15) is 0 Å². The highest BCUT2D eigenvalue weighted by molar-refractivity contribution is 8.00. The van der Waals surface area contributed by atoms with Crippen LogP contribution in [0.4, 0.5) is 0 Å². The van der Waals surface area contributed by atoms with Crippen molar-refractivity contribution in [1.82, 2.24) is 5.32 Å². The van der Waals surface area contributed by atoms with Crippen LogP contribution in [0.25, 0.3) is 0 Å². The van der Waals surface area contributed by atoms with Crippen molar-refractivity contribution in [2.75, 3.05) is 12.3 Å². The van der Waals surface area contributed by atoms with Crippen molar-refractivity contribution in [2.45, 2.75) is 51.3 Å². The monoisotopic (exact) mass is 201 g/mol. The number of hydrogen-bond donors (Lipinski definition) is 1. The fourth-order valence-corrected chi connectivity index (χ4v) is 3.71. The molecule has 1 aliphatic rings. The van der Waals surface area contributed by atoms with E-state index >= 15 is 0 Å². The molecule has 0 amide bonds. The minimum Gasteiger partial charge on any atom is -0.313 e. The fourth-order valence-electron chi connectivity index (χ4n) is 2.08. The zero-order valence-electron chi connectivity index (χ0n) is 9.18. The number of thioether (sulfide) groups is 1. The first-order valence-corrected chi connectivity index (χ1v) is 6.65. The van der Waals surface area contributed by atoms with Gasteiger partial charge in [0.25, 0.3) is 0 Å². The Balaban J connectivity index is 2.41. The molecule has 2 unspecified atom stereocenters. The van der Waals surface area contributed by atoms with Crippen molar-refractivity contribution in [3.05, 3.63) is 0 Å². The van der Waals surface area contributed by atoms with E-state index < -0.39 is 0 Å². The lowest BCUT2D eigenvalue weighted by Gasteiger charge is -2.33. The maximum Gasteiger partial charge on any atom is 0.0209 e. The second kappa shape index (κ2) is 5.92. The molecule has 1 heterocycles. The summed E-state index contributed by atoms with van der Waals surface area (Å²) in [4.78, 5) is 0. The first-order chi connectivity index (χ1) is 6.25. The molecule has 1 nitrogen and oxygen atoms in total. The Kier molecular flexibility index (Phi) is 5.18. The zero-order valence-corrected chi connectivity index (χ0v) is 9.99. The van der Waals surface area contributed by atoms with Crippen molar-refractivity contribution >= 4 is 11.8 Å². The summed E-state index contributed by atoms with van der Waals surface area (Å²) < 4.78 is 0. The summed E-state index contributed by atoms with van der Waals surface area (Å²) in [7, 11) is 0. The van der Waals surface area contributed by atoms with Gasteiger partial charge in [0.15, 0.2) is 0 Å². The quantitative estimate of drug-likeness (QED) is 0.750. The van der Waals surface area contributed by atoms with Gasteiger partial charge in [0, 0.05) is 11.3 Å². The maximum absolute atomic E-state index is 3.63. The average Bonchev–Trinajstić information content (AvgIpc) is 2.15. The first-order valence-electron chi connectivity index (χ1n) is 5.60. The largest absolute Gasteiger partial charge is 0.313 e. The second-order valence-electron chi connectivity index (χ2n) is 4.23. The molecule has 1 N–H and O–H groups in total. The molecule has 78 valence electrons. The van der Waals surface area contributed by atoms with Gasteiger partial charge in [0.05, 0.1) is 0 Å². The van der Waals surface area contributed by atoms with Crippen LogP contribution in [0.5, 0.6) is 0 Å². The van der Waals surface area contributed by atoms with Gasteiger partial charge in [-0.1, -0.05) is 27.2 Å². The van der Waals surface area contributed by atoms with Crippen LogP contribution < -0.4 is 5.32 Å². The molecule has 0 saturated carbocycles. The number of rotatable bonds is 4. The van der Waals surface area contributed by atoms with Crippen LogP contribution in [-0.4, -0.2) is 23.6 Å². The van der Waals surface area contributed by atoms with E-state index in [2.05, 4.69) is 37.8 Å². The minimum absolute atomic E-state index is 0.732. The molecule has 1 saturated heterocycles. The van der Waals surface area contributed by atoms with E-state index in [1.165, 1.54) is 25.0 Å². The number of nitrogens with one attached hydrogen (secondary N) is 1. The molecule has 0 spiro atoms. The summed E-state index contributed by atoms with van der Waals surface area (Å²) in [5.41, 5.74) is 0. The van der Waals surface area contributed by atoms with Crippen molar-refractivity contribution in [1.29, 1.82) is 0 Å². The highest BCUT2D eigenvalue weighted by Crippen LogP contribution is 2.30. The molecule has 0 aliphatic carbocycles. The van der Waals surface area contributed by atoms with E-state index in [0.717, 1.165) is 23.8 Å². The number of hydrogen-bond acceptors (Lipinski definition) is 2. The Morgan fingerprint density at radius 1 is 1.38 bits per heavy atom. The summed E-state index contributed by atoms with van der Waals surface area (Å²) in [6.45, 7) is 7.99. The van der Waals surface area contributed by atoms with Gasteiger partial charge in [-0.25, -0.2) is 0 Å². The normalized spacial score (nSPS) is 26.3. The summed E-state index contributed by atoms with van der Waals surface area (Å²) in [6, 6.07) is 0.732. The molecule has 0 radical (unpaired) electrons. The van der Waals surface area contributed by atoms with E-state index in [1.54, 1.807) is 0 Å². The van der Waals surface area contributed by atoms with Crippen LogP contribution in [0, 0.1) is 5.92 Å². The van der Waals surface area contributed by atoms with Crippen LogP contribution in [0.15, 0.2) is 0 Å². The van der Waals surface area contributed by atoms with Crippen molar-refractivity contribution in [3.63, 3.8) is 0 Å². The topological polar surface area (TPSA) is 12.0 Å². The lowest BCUT2D eigenvalue weighted by Crippen LogP contribution is -2.43. The van der Waals surface area contributed by atoms with Crippen LogP contribution in [0.3, 0.4) is 0 Å². The molecule has 0 aromatic heterocycles. The van der Waals surface area contributed by atoms with Crippen molar-refractivity contribution in [2.24, 2.45) is 5.92 Å². The second-order valence-corrected chi connectivity index (χ2v) is 5.58. The highest BCUT2D eigenvalue weighted by Gasteiger charge is 2.25. The Labute approximate surface area is 87.1 Å². The average molecular weight is 201 g/mol. The lowest BCUT2D eigenvalue weighted by atomic mass is 9.97. The van der Waals surface area contributed by atoms with Gasteiger partial charge < -0.3 is 5.32 Å². The van der Waals surface area contributed by atoms with E-state index in [0.29, 0.717) is 0 Å². The molecule has 1 rings (SSSR count). The fraction of sp³-hybridized carbons (Fsp3) is 1.00. The molecular formula is C11H23NS. The third kappa shape index (κ3) is 3.51. The van der Waals surface area contributed by atoms with Gasteiger partial charge in [0.1, 0.15) is 0 Å². The zero-order chi connectivity index (χ0) is 9.68. The van der Waals surface area contributed by atoms with Crippen LogP contribution in [0.1, 0.15) is 40.0 Å². The maximum atomic E-state index is 3.63. The van der Waals surface area contributed by atoms with E-state index in [1.807, 2.05) is 0 Å². The summed E-state index contributed by atoms with van der Waals surface area (Å²) in [5.74, 6) is 2.15. The highest BCUT2D eigenvalue weighted by atomic mass is 32.2. The smallest absolute Gasteiger partial charge is 0.0209 e. The van der Waals surface area contributed by atoms with Crippen LogP contribution >= 0.6 is 11.8 Å². The van der Waals surface area contributed by atoms with E-state index in [4.69, 9.17) is 0 Å². The molecule has 13 heavy (non-hydrogen) atoms. The van der Waals surface area contributed by atoms with Gasteiger partial charge in [-0.15, -0.1) is 0 Å². The summed E-state index contributed by atoms with van der Waals surface area (Å²) in [6.07, 6.45) is 4.28. The van der Waals surface area contributed by atoms with Gasteiger partial charge in [0.2, 0.25) is 0 Å². The molecule has 0 aromatic carbocycles. The third-order valence-corrected chi connectivity index (χ3v) is 4.25. The van der Waals surface area contributed by atoms with Crippen molar-refractivity contribution in [3.8, 4) is 0 Å². The molecule has 0 aromatic rings. The van der Waals surface area contributed by atoms with Crippen LogP contribution in [-0.2, 0) is 0 Å². The third-order valence-electron chi connectivity index (χ3n) is 2.77. The van der Waals surface area contributed by atoms with Crippen LogP contribution in [0.2, 0.25) is 0 Å². The Morgan fingerprint density at radius 2 is 2.15 bits per heavy atom. The predicted octanol–water partition coefficient (Wildman–Crippen LogP) is 2.91. The van der Waals surface area contributed by atoms with E-state index in [-0.39, 0.29) is 0 Å². The first kappa shape index (κ1) is 11.4. The molecule has 0 bridgehead atoms. The standard InChI is InChI=1S/C11H23NS/c1-4-12-11(9(2)3)10-7-5-6-8-13-10/h9-12H,4-8H2,1-3H3. The molecule has 2 heteroatoms. The molecule has 2 atom stereocenters. The lowest BCUT2D eigenvalue weighted by molar-refractivity contribution is 0.378.